The van der Waals surface area contributed by atoms with Gasteiger partial charge < -0.3 is 0 Å². The quantitative estimate of drug-likeness (QED) is 0.852. The highest BCUT2D eigenvalue weighted by Gasteiger charge is 2.45. The molecular formula is C14H26N2OS. The summed E-state index contributed by atoms with van der Waals surface area (Å²) in [4.78, 5) is 12.1. The first kappa shape index (κ1) is 14.2. The summed E-state index contributed by atoms with van der Waals surface area (Å²) in [7, 11) is 0. The largest absolute Gasteiger partial charge is 0.272 e. The van der Waals surface area contributed by atoms with Crippen molar-refractivity contribution in [2.45, 2.75) is 69.7 Å². The van der Waals surface area contributed by atoms with Crippen molar-refractivity contribution < 1.29 is 4.79 Å². The summed E-state index contributed by atoms with van der Waals surface area (Å²) in [6.07, 6.45) is 11.0. The van der Waals surface area contributed by atoms with Crippen molar-refractivity contribution in [3.63, 3.8) is 0 Å². The van der Waals surface area contributed by atoms with Crippen molar-refractivity contribution in [3.8, 4) is 0 Å². The maximum atomic E-state index is 12.1. The maximum absolute atomic E-state index is 12.1. The molecule has 2 saturated carbocycles. The SMILES string of the molecule is C.CSC1CCCCC1N1NC(CC2CC2)C1=O. The van der Waals surface area contributed by atoms with Crippen LogP contribution in [-0.4, -0.2) is 34.5 Å². The fraction of sp³-hybridized carbons (Fsp3) is 0.929. The van der Waals surface area contributed by atoms with Gasteiger partial charge in [-0.15, -0.1) is 0 Å². The number of nitrogens with zero attached hydrogens (tertiary/aromatic N) is 1. The normalized spacial score (nSPS) is 35.9. The second-order valence-corrected chi connectivity index (χ2v) is 6.77. The highest BCUT2D eigenvalue weighted by atomic mass is 32.2. The van der Waals surface area contributed by atoms with E-state index in [0.29, 0.717) is 17.2 Å². The van der Waals surface area contributed by atoms with Crippen LogP contribution in [0.2, 0.25) is 0 Å². The molecule has 0 radical (unpaired) electrons. The minimum atomic E-state index is 0. The van der Waals surface area contributed by atoms with E-state index in [4.69, 9.17) is 0 Å². The Bertz CT molecular complexity index is 306. The lowest BCUT2D eigenvalue weighted by Crippen LogP contribution is -2.71. The molecular weight excluding hydrogens is 244 g/mol. The zero-order chi connectivity index (χ0) is 11.8. The van der Waals surface area contributed by atoms with Gasteiger partial charge in [0.05, 0.1) is 6.04 Å². The Balaban J connectivity index is 0.00000120. The molecule has 0 aromatic heterocycles. The van der Waals surface area contributed by atoms with Crippen molar-refractivity contribution in [2.75, 3.05) is 6.26 Å². The summed E-state index contributed by atoms with van der Waals surface area (Å²) >= 11 is 1.93. The Morgan fingerprint density at radius 1 is 1.28 bits per heavy atom. The molecule has 0 bridgehead atoms. The van der Waals surface area contributed by atoms with Gasteiger partial charge in [0.1, 0.15) is 6.04 Å². The summed E-state index contributed by atoms with van der Waals surface area (Å²) in [6, 6.07) is 0.591. The Hall–Kier alpha value is -0.220. The van der Waals surface area contributed by atoms with Crippen molar-refractivity contribution in [1.82, 2.24) is 10.4 Å². The van der Waals surface area contributed by atoms with Gasteiger partial charge in [-0.2, -0.15) is 11.8 Å². The van der Waals surface area contributed by atoms with Crippen LogP contribution in [0.15, 0.2) is 0 Å². The standard InChI is InChI=1S/C13H22N2OS.CH4/c1-17-12-5-3-2-4-11(12)15-13(16)10(14-15)8-9-6-7-9;/h9-12,14H,2-8H2,1H3;1H4. The minimum absolute atomic E-state index is 0. The molecule has 0 spiro atoms. The zero-order valence-corrected chi connectivity index (χ0v) is 11.3. The van der Waals surface area contributed by atoms with E-state index < -0.39 is 0 Å². The number of thioether (sulfide) groups is 1. The topological polar surface area (TPSA) is 32.3 Å². The van der Waals surface area contributed by atoms with Crippen molar-refractivity contribution in [2.24, 2.45) is 5.92 Å². The van der Waals surface area contributed by atoms with Gasteiger partial charge in [-0.3, -0.25) is 9.80 Å². The predicted octanol–water partition coefficient (Wildman–Crippen LogP) is 2.81. The van der Waals surface area contributed by atoms with Gasteiger partial charge in [0.15, 0.2) is 0 Å². The Labute approximate surface area is 115 Å². The van der Waals surface area contributed by atoms with Gasteiger partial charge >= 0.3 is 0 Å². The van der Waals surface area contributed by atoms with E-state index in [1.54, 1.807) is 0 Å². The average Bonchev–Trinajstić information content (AvgIpc) is 3.17. The lowest BCUT2D eigenvalue weighted by molar-refractivity contribution is -0.158. The molecule has 3 fully saturated rings. The molecule has 0 aromatic rings. The molecule has 1 heterocycles. The van der Waals surface area contributed by atoms with Crippen LogP contribution in [0.4, 0.5) is 0 Å². The molecule has 1 aliphatic heterocycles. The van der Waals surface area contributed by atoms with Crippen LogP contribution in [0, 0.1) is 5.92 Å². The molecule has 3 unspecified atom stereocenters. The smallest absolute Gasteiger partial charge is 0.255 e. The number of carbonyl (C=O) groups excluding carboxylic acids is 1. The fourth-order valence-corrected chi connectivity index (χ4v) is 4.11. The van der Waals surface area contributed by atoms with Gasteiger partial charge in [0, 0.05) is 5.25 Å². The fourth-order valence-electron chi connectivity index (χ4n) is 3.14. The number of nitrogens with one attached hydrogen (secondary N) is 1. The summed E-state index contributed by atoms with van der Waals surface area (Å²) in [5.74, 6) is 1.20. The monoisotopic (exact) mass is 270 g/mol. The molecule has 1 N–H and O–H groups in total. The zero-order valence-electron chi connectivity index (χ0n) is 10.5. The summed E-state index contributed by atoms with van der Waals surface area (Å²) < 4.78 is 0. The van der Waals surface area contributed by atoms with Crippen LogP contribution >= 0.6 is 11.8 Å². The van der Waals surface area contributed by atoms with Crippen molar-refractivity contribution in [3.05, 3.63) is 0 Å². The van der Waals surface area contributed by atoms with E-state index in [0.717, 1.165) is 12.3 Å². The molecule has 2 aliphatic carbocycles. The molecule has 104 valence electrons. The van der Waals surface area contributed by atoms with Gasteiger partial charge in [0.2, 0.25) is 0 Å². The van der Waals surface area contributed by atoms with Gasteiger partial charge in [-0.1, -0.05) is 33.1 Å². The third-order valence-electron chi connectivity index (χ3n) is 4.40. The molecule has 1 saturated heterocycles. The van der Waals surface area contributed by atoms with Crippen LogP contribution in [-0.2, 0) is 4.79 Å². The second kappa shape index (κ2) is 5.83. The third kappa shape index (κ3) is 2.69. The molecule has 18 heavy (non-hydrogen) atoms. The van der Waals surface area contributed by atoms with Crippen LogP contribution in [0.1, 0.15) is 52.4 Å². The van der Waals surface area contributed by atoms with Crippen LogP contribution in [0.5, 0.6) is 0 Å². The van der Waals surface area contributed by atoms with E-state index >= 15 is 0 Å². The van der Waals surface area contributed by atoms with Gasteiger partial charge in [0.25, 0.3) is 5.91 Å². The first-order valence-electron chi connectivity index (χ1n) is 6.91. The Morgan fingerprint density at radius 2 is 2.00 bits per heavy atom. The third-order valence-corrected chi connectivity index (χ3v) is 5.55. The highest BCUT2D eigenvalue weighted by Crippen LogP contribution is 2.37. The number of hydrazine groups is 1. The molecule has 0 aromatic carbocycles. The average molecular weight is 270 g/mol. The summed E-state index contributed by atoms with van der Waals surface area (Å²) in [5, 5.41) is 2.59. The van der Waals surface area contributed by atoms with E-state index in [1.165, 1.54) is 38.5 Å². The van der Waals surface area contributed by atoms with E-state index in [1.807, 2.05) is 16.8 Å². The number of hydrogen-bond acceptors (Lipinski definition) is 3. The van der Waals surface area contributed by atoms with Gasteiger partial charge in [-0.25, -0.2) is 5.43 Å². The number of amides is 1. The second-order valence-electron chi connectivity index (χ2n) is 5.69. The Morgan fingerprint density at radius 3 is 2.61 bits per heavy atom. The lowest BCUT2D eigenvalue weighted by atomic mass is 9.92. The summed E-state index contributed by atoms with van der Waals surface area (Å²) in [6.45, 7) is 0. The first-order chi connectivity index (χ1) is 8.29. The van der Waals surface area contributed by atoms with E-state index in [-0.39, 0.29) is 13.5 Å². The molecule has 1 amide bonds. The minimum Gasteiger partial charge on any atom is -0.272 e. The van der Waals surface area contributed by atoms with Gasteiger partial charge in [-0.05, 0) is 31.4 Å². The molecule has 3 atom stereocenters. The summed E-state index contributed by atoms with van der Waals surface area (Å²) in [5.41, 5.74) is 3.41. The van der Waals surface area contributed by atoms with Crippen LogP contribution < -0.4 is 5.43 Å². The van der Waals surface area contributed by atoms with E-state index in [9.17, 15) is 4.79 Å². The predicted molar refractivity (Wildman–Crippen MR) is 77.4 cm³/mol. The van der Waals surface area contributed by atoms with Crippen molar-refractivity contribution >= 4 is 17.7 Å². The highest BCUT2D eigenvalue weighted by molar-refractivity contribution is 7.99. The lowest BCUT2D eigenvalue weighted by Gasteiger charge is -2.48. The molecule has 3 nitrogen and oxygen atoms in total. The van der Waals surface area contributed by atoms with E-state index in [2.05, 4.69) is 11.7 Å². The molecule has 4 heteroatoms. The number of rotatable bonds is 4. The maximum Gasteiger partial charge on any atom is 0.255 e. The first-order valence-corrected chi connectivity index (χ1v) is 8.20. The number of hydrogen-bond donors (Lipinski definition) is 1. The molecule has 3 rings (SSSR count). The van der Waals surface area contributed by atoms with Crippen LogP contribution in [0.25, 0.3) is 0 Å². The van der Waals surface area contributed by atoms with Crippen LogP contribution in [0.3, 0.4) is 0 Å². The number of carbonyl (C=O) groups is 1. The Kier molecular flexibility index (Phi) is 4.59. The van der Waals surface area contributed by atoms with Crippen molar-refractivity contribution in [1.29, 1.82) is 0 Å². The molecule has 3 aliphatic rings.